The SMILES string of the molecule is CCN1CCC(CCNc2ncc(Br)c(-c3cc4c(C(=O)NC5CC5)cccc4s3)n2)CC1. The zero-order chi connectivity index (χ0) is 22.8. The molecule has 33 heavy (non-hydrogen) atoms. The average molecular weight is 529 g/mol. The molecule has 1 amide bonds. The van der Waals surface area contributed by atoms with Crippen molar-refractivity contribution in [3.8, 4) is 10.6 Å². The van der Waals surface area contributed by atoms with Crippen molar-refractivity contribution in [2.75, 3.05) is 31.5 Å². The zero-order valence-corrected chi connectivity index (χ0v) is 21.3. The highest BCUT2D eigenvalue weighted by atomic mass is 79.9. The lowest BCUT2D eigenvalue weighted by Crippen LogP contribution is -2.33. The van der Waals surface area contributed by atoms with Crippen LogP contribution < -0.4 is 10.6 Å². The van der Waals surface area contributed by atoms with Crippen LogP contribution in [0.3, 0.4) is 0 Å². The Kier molecular flexibility index (Phi) is 6.94. The van der Waals surface area contributed by atoms with E-state index in [1.54, 1.807) is 11.3 Å². The lowest BCUT2D eigenvalue weighted by molar-refractivity contribution is 0.0953. The maximum atomic E-state index is 12.7. The number of carbonyl (C=O) groups is 1. The van der Waals surface area contributed by atoms with Crippen molar-refractivity contribution >= 4 is 49.2 Å². The number of rotatable bonds is 8. The van der Waals surface area contributed by atoms with E-state index in [0.717, 1.165) is 69.0 Å². The minimum atomic E-state index is 0.0151. The Bertz CT molecular complexity index is 1140. The van der Waals surface area contributed by atoms with E-state index in [0.29, 0.717) is 12.0 Å². The van der Waals surface area contributed by atoms with Crippen molar-refractivity contribution in [1.29, 1.82) is 0 Å². The maximum Gasteiger partial charge on any atom is 0.252 e. The van der Waals surface area contributed by atoms with Crippen LogP contribution in [0.1, 0.15) is 49.4 Å². The number of fused-ring (bicyclic) bond motifs is 1. The van der Waals surface area contributed by atoms with Gasteiger partial charge in [-0.05, 0) is 91.8 Å². The van der Waals surface area contributed by atoms with E-state index in [1.165, 1.54) is 25.9 Å². The number of likely N-dealkylation sites (tertiary alicyclic amines) is 1. The van der Waals surface area contributed by atoms with E-state index in [9.17, 15) is 4.79 Å². The fourth-order valence-corrected chi connectivity index (χ4v) is 6.10. The second-order valence-corrected chi connectivity index (χ2v) is 11.0. The summed E-state index contributed by atoms with van der Waals surface area (Å²) in [6, 6.07) is 8.35. The monoisotopic (exact) mass is 527 g/mol. The first-order chi connectivity index (χ1) is 16.1. The molecule has 0 unspecified atom stereocenters. The molecule has 2 fully saturated rings. The second kappa shape index (κ2) is 10.1. The third kappa shape index (κ3) is 5.39. The van der Waals surface area contributed by atoms with Crippen molar-refractivity contribution in [2.24, 2.45) is 5.92 Å². The number of carbonyl (C=O) groups excluding carboxylic acids is 1. The summed E-state index contributed by atoms with van der Waals surface area (Å²) in [5.74, 6) is 1.45. The van der Waals surface area contributed by atoms with E-state index in [-0.39, 0.29) is 5.91 Å². The first-order valence-corrected chi connectivity index (χ1v) is 13.5. The average Bonchev–Trinajstić information content (AvgIpc) is 3.54. The molecule has 6 nitrogen and oxygen atoms in total. The number of hydrogen-bond donors (Lipinski definition) is 2. The second-order valence-electron chi connectivity index (χ2n) is 9.06. The van der Waals surface area contributed by atoms with Crippen LogP contribution in [-0.4, -0.2) is 53.0 Å². The van der Waals surface area contributed by atoms with Gasteiger partial charge in [0.2, 0.25) is 5.95 Å². The Morgan fingerprint density at radius 2 is 2.06 bits per heavy atom. The Balaban J connectivity index is 1.29. The molecule has 0 radical (unpaired) electrons. The van der Waals surface area contributed by atoms with Crippen LogP contribution in [0.15, 0.2) is 34.9 Å². The van der Waals surface area contributed by atoms with E-state index < -0.39 is 0 Å². The summed E-state index contributed by atoms with van der Waals surface area (Å²) in [4.78, 5) is 25.5. The molecular formula is C25H30BrN5OS. The van der Waals surface area contributed by atoms with Crippen LogP contribution in [-0.2, 0) is 0 Å². The van der Waals surface area contributed by atoms with Gasteiger partial charge >= 0.3 is 0 Å². The highest BCUT2D eigenvalue weighted by Crippen LogP contribution is 2.37. The predicted molar refractivity (Wildman–Crippen MR) is 139 cm³/mol. The number of halogens is 1. The normalized spacial score (nSPS) is 17.4. The molecule has 1 saturated heterocycles. The van der Waals surface area contributed by atoms with Gasteiger partial charge < -0.3 is 15.5 Å². The first-order valence-electron chi connectivity index (χ1n) is 11.9. The molecule has 0 bridgehead atoms. The quantitative estimate of drug-likeness (QED) is 0.402. The maximum absolute atomic E-state index is 12.7. The highest BCUT2D eigenvalue weighted by Gasteiger charge is 2.25. The molecule has 3 aromatic rings. The molecule has 1 saturated carbocycles. The third-order valence-electron chi connectivity index (χ3n) is 6.69. The van der Waals surface area contributed by atoms with Gasteiger partial charge in [-0.15, -0.1) is 11.3 Å². The van der Waals surface area contributed by atoms with Crippen LogP contribution in [0, 0.1) is 5.92 Å². The lowest BCUT2D eigenvalue weighted by Gasteiger charge is -2.31. The van der Waals surface area contributed by atoms with Gasteiger partial charge in [-0.2, -0.15) is 0 Å². The van der Waals surface area contributed by atoms with Gasteiger partial charge in [-0.25, -0.2) is 9.97 Å². The molecule has 8 heteroatoms. The molecule has 0 atom stereocenters. The van der Waals surface area contributed by atoms with E-state index in [1.807, 2.05) is 18.3 Å². The van der Waals surface area contributed by atoms with Crippen molar-refractivity contribution in [3.63, 3.8) is 0 Å². The summed E-state index contributed by atoms with van der Waals surface area (Å²) in [7, 11) is 0. The fourth-order valence-electron chi connectivity index (χ4n) is 4.47. The van der Waals surface area contributed by atoms with Crippen LogP contribution in [0.4, 0.5) is 5.95 Å². The number of thiophene rings is 1. The first kappa shape index (κ1) is 22.7. The minimum absolute atomic E-state index is 0.0151. The summed E-state index contributed by atoms with van der Waals surface area (Å²) < 4.78 is 1.95. The van der Waals surface area contributed by atoms with E-state index in [4.69, 9.17) is 4.98 Å². The number of nitrogens with one attached hydrogen (secondary N) is 2. The summed E-state index contributed by atoms with van der Waals surface area (Å²) in [6.45, 7) is 6.71. The molecule has 2 aliphatic rings. The fraction of sp³-hybridized carbons (Fsp3) is 0.480. The molecule has 2 N–H and O–H groups in total. The Morgan fingerprint density at radius 1 is 1.24 bits per heavy atom. The van der Waals surface area contributed by atoms with Gasteiger partial charge in [-0.1, -0.05) is 13.0 Å². The van der Waals surface area contributed by atoms with Crippen molar-refractivity contribution in [3.05, 3.63) is 40.5 Å². The van der Waals surface area contributed by atoms with Gasteiger partial charge in [0.25, 0.3) is 5.91 Å². The Morgan fingerprint density at radius 3 is 2.82 bits per heavy atom. The van der Waals surface area contributed by atoms with Gasteiger partial charge in [0.15, 0.2) is 0 Å². The van der Waals surface area contributed by atoms with Crippen LogP contribution in [0.5, 0.6) is 0 Å². The van der Waals surface area contributed by atoms with Crippen LogP contribution in [0.2, 0.25) is 0 Å². The number of hydrogen-bond acceptors (Lipinski definition) is 6. The summed E-state index contributed by atoms with van der Waals surface area (Å²) in [5.41, 5.74) is 1.60. The molecular weight excluding hydrogens is 498 g/mol. The third-order valence-corrected chi connectivity index (χ3v) is 8.37. The van der Waals surface area contributed by atoms with E-state index in [2.05, 4.69) is 55.5 Å². The number of aromatic nitrogens is 2. The summed E-state index contributed by atoms with van der Waals surface area (Å²) >= 11 is 5.28. The van der Waals surface area contributed by atoms with Crippen LogP contribution >= 0.6 is 27.3 Å². The minimum Gasteiger partial charge on any atom is -0.354 e. The van der Waals surface area contributed by atoms with Crippen molar-refractivity contribution < 1.29 is 4.79 Å². The van der Waals surface area contributed by atoms with Gasteiger partial charge in [0.1, 0.15) is 5.69 Å². The van der Waals surface area contributed by atoms with Crippen LogP contribution in [0.25, 0.3) is 20.7 Å². The lowest BCUT2D eigenvalue weighted by atomic mass is 9.93. The Labute approximate surface area is 207 Å². The number of benzene rings is 1. The molecule has 174 valence electrons. The van der Waals surface area contributed by atoms with Crippen molar-refractivity contribution in [1.82, 2.24) is 20.2 Å². The zero-order valence-electron chi connectivity index (χ0n) is 18.9. The number of anilines is 1. The highest BCUT2D eigenvalue weighted by molar-refractivity contribution is 9.10. The largest absolute Gasteiger partial charge is 0.354 e. The molecule has 2 aromatic heterocycles. The summed E-state index contributed by atoms with van der Waals surface area (Å²) in [5, 5.41) is 7.52. The van der Waals surface area contributed by atoms with Gasteiger partial charge in [0.05, 0.1) is 9.35 Å². The molecule has 1 aromatic carbocycles. The van der Waals surface area contributed by atoms with Gasteiger partial charge in [0, 0.05) is 34.4 Å². The topological polar surface area (TPSA) is 70.2 Å². The number of amides is 1. The smallest absolute Gasteiger partial charge is 0.252 e. The summed E-state index contributed by atoms with van der Waals surface area (Å²) in [6.07, 6.45) is 7.68. The standard InChI is InChI=1S/C25H30BrN5OS/c1-2-31-12-9-16(10-13-31)8-11-27-25-28-15-20(26)23(30-25)22-14-19-18(4-3-5-21(19)33-22)24(32)29-17-6-7-17/h3-5,14-17H,2,6-13H2,1H3,(H,29,32)(H,27,28,30). The number of piperidine rings is 1. The number of nitrogens with zero attached hydrogens (tertiary/aromatic N) is 3. The Hall–Kier alpha value is -2.03. The molecule has 0 spiro atoms. The molecule has 1 aliphatic heterocycles. The molecule has 5 rings (SSSR count). The molecule has 3 heterocycles. The van der Waals surface area contributed by atoms with Gasteiger partial charge in [-0.3, -0.25) is 4.79 Å². The van der Waals surface area contributed by atoms with E-state index >= 15 is 0 Å². The predicted octanol–water partition coefficient (Wildman–Crippen LogP) is 5.55. The van der Waals surface area contributed by atoms with Crippen molar-refractivity contribution in [2.45, 2.75) is 45.1 Å². The molecule has 1 aliphatic carbocycles.